The van der Waals surface area contributed by atoms with Crippen LogP contribution in [0, 0.1) is 25.2 Å². The molecule has 23 heavy (non-hydrogen) atoms. The summed E-state index contributed by atoms with van der Waals surface area (Å²) < 4.78 is 0. The van der Waals surface area contributed by atoms with Crippen molar-refractivity contribution in [3.8, 4) is 11.8 Å². The number of nitrogens with zero attached hydrogens (tertiary/aromatic N) is 6. The van der Waals surface area contributed by atoms with E-state index in [2.05, 4.69) is 51.2 Å². The molecular weight excluding hydrogens is 288 g/mol. The van der Waals surface area contributed by atoms with Crippen molar-refractivity contribution in [1.82, 2.24) is 19.9 Å². The number of rotatable bonds is 3. The van der Waals surface area contributed by atoms with Gasteiger partial charge in [-0.2, -0.15) is 5.26 Å². The van der Waals surface area contributed by atoms with Gasteiger partial charge in [0.15, 0.2) is 5.82 Å². The van der Waals surface area contributed by atoms with Gasteiger partial charge in [-0.25, -0.2) is 0 Å². The summed E-state index contributed by atoms with van der Waals surface area (Å²) in [5, 5.41) is 18.5. The number of hydrogen-bond acceptors (Lipinski definition) is 5. The fourth-order valence-electron chi connectivity index (χ4n) is 2.90. The Morgan fingerprint density at radius 1 is 1.13 bits per heavy atom. The highest BCUT2D eigenvalue weighted by molar-refractivity contribution is 5.51. The highest BCUT2D eigenvalue weighted by atomic mass is 15.5. The van der Waals surface area contributed by atoms with Gasteiger partial charge in [-0.3, -0.25) is 0 Å². The Balaban J connectivity index is 1.93. The van der Waals surface area contributed by atoms with Gasteiger partial charge in [0, 0.05) is 26.2 Å². The monoisotopic (exact) mass is 310 g/mol. The Morgan fingerprint density at radius 3 is 2.52 bits per heavy atom. The summed E-state index contributed by atoms with van der Waals surface area (Å²) in [5.41, 5.74) is 3.58. The molecule has 3 rings (SSSR count). The fourth-order valence-corrected chi connectivity index (χ4v) is 2.90. The molecule has 2 heterocycles. The first-order chi connectivity index (χ1) is 11.1. The van der Waals surface area contributed by atoms with Crippen LogP contribution in [-0.2, 0) is 0 Å². The molecule has 0 unspecified atom stereocenters. The number of likely N-dealkylation sites (N-methyl/N-ethyl adjacent to an activating group) is 1. The maximum absolute atomic E-state index is 9.43. The molecule has 0 aliphatic carbocycles. The van der Waals surface area contributed by atoms with Gasteiger partial charge in [0.25, 0.3) is 0 Å². The Labute approximate surface area is 136 Å². The first-order valence-electron chi connectivity index (χ1n) is 8.04. The second-order valence-electron chi connectivity index (χ2n) is 5.98. The normalized spacial score (nSPS) is 15.7. The quantitative estimate of drug-likeness (QED) is 0.866. The minimum atomic E-state index is 0.399. The summed E-state index contributed by atoms with van der Waals surface area (Å²) in [5.74, 6) is 0.698. The molecule has 1 aliphatic heterocycles. The lowest BCUT2D eigenvalue weighted by Gasteiger charge is -2.33. The van der Waals surface area contributed by atoms with E-state index in [-0.39, 0.29) is 0 Å². The number of benzene rings is 1. The first kappa shape index (κ1) is 15.5. The van der Waals surface area contributed by atoms with Crippen LogP contribution < -0.4 is 4.90 Å². The van der Waals surface area contributed by atoms with Crippen molar-refractivity contribution in [3.63, 3.8) is 0 Å². The maximum atomic E-state index is 9.43. The van der Waals surface area contributed by atoms with Gasteiger partial charge in [0.05, 0.1) is 5.69 Å². The molecular formula is C17H22N6. The van der Waals surface area contributed by atoms with Crippen LogP contribution in [0.15, 0.2) is 18.2 Å². The average Bonchev–Trinajstić information content (AvgIpc) is 3.01. The van der Waals surface area contributed by atoms with Gasteiger partial charge in [0.1, 0.15) is 6.07 Å². The van der Waals surface area contributed by atoms with Gasteiger partial charge >= 0.3 is 0 Å². The minimum Gasteiger partial charge on any atom is -0.350 e. The molecule has 0 bridgehead atoms. The second kappa shape index (κ2) is 6.39. The molecule has 2 aromatic rings. The van der Waals surface area contributed by atoms with Crippen molar-refractivity contribution in [2.45, 2.75) is 20.8 Å². The number of aromatic nitrogens is 3. The molecule has 0 spiro atoms. The van der Waals surface area contributed by atoms with Crippen molar-refractivity contribution in [3.05, 3.63) is 35.0 Å². The van der Waals surface area contributed by atoms with E-state index in [9.17, 15) is 5.26 Å². The van der Waals surface area contributed by atoms with E-state index in [0.29, 0.717) is 11.5 Å². The molecule has 0 radical (unpaired) electrons. The van der Waals surface area contributed by atoms with E-state index in [1.54, 1.807) is 4.80 Å². The van der Waals surface area contributed by atoms with E-state index < -0.39 is 0 Å². The van der Waals surface area contributed by atoms with Crippen molar-refractivity contribution >= 4 is 5.82 Å². The molecule has 6 nitrogen and oxygen atoms in total. The molecule has 1 fully saturated rings. The van der Waals surface area contributed by atoms with Crippen molar-refractivity contribution in [1.29, 1.82) is 5.26 Å². The lowest BCUT2D eigenvalue weighted by Crippen LogP contribution is -2.46. The molecule has 120 valence electrons. The largest absolute Gasteiger partial charge is 0.350 e. The Kier molecular flexibility index (Phi) is 4.30. The Morgan fingerprint density at radius 2 is 1.87 bits per heavy atom. The number of nitriles is 1. The van der Waals surface area contributed by atoms with Crippen molar-refractivity contribution in [2.75, 3.05) is 37.6 Å². The SMILES string of the molecule is CCN1CCN(c2nn(-c3cc(C)ccc3C)nc2C#N)CC1. The molecule has 0 N–H and O–H groups in total. The summed E-state index contributed by atoms with van der Waals surface area (Å²) >= 11 is 0. The molecule has 1 aromatic carbocycles. The zero-order valence-electron chi connectivity index (χ0n) is 14.0. The van der Waals surface area contributed by atoms with E-state index in [4.69, 9.17) is 0 Å². The standard InChI is InChI=1S/C17H22N6/c1-4-21-7-9-22(10-8-21)17-15(12-18)19-23(20-17)16-11-13(2)5-6-14(16)3/h5-6,11H,4,7-10H2,1-3H3. The molecule has 0 atom stereocenters. The molecule has 1 saturated heterocycles. The third-order valence-corrected chi connectivity index (χ3v) is 4.40. The molecule has 6 heteroatoms. The number of piperazine rings is 1. The van der Waals surface area contributed by atoms with E-state index in [1.165, 1.54) is 0 Å². The lowest BCUT2D eigenvalue weighted by atomic mass is 10.1. The topological polar surface area (TPSA) is 61.0 Å². The number of aryl methyl sites for hydroxylation is 2. The van der Waals surface area contributed by atoms with Crippen LogP contribution in [0.2, 0.25) is 0 Å². The van der Waals surface area contributed by atoms with Crippen LogP contribution in [-0.4, -0.2) is 52.6 Å². The number of hydrogen-bond donors (Lipinski definition) is 0. The van der Waals surface area contributed by atoms with Gasteiger partial charge in [-0.15, -0.1) is 15.0 Å². The number of anilines is 1. The summed E-state index contributed by atoms with van der Waals surface area (Å²) in [4.78, 5) is 6.17. The van der Waals surface area contributed by atoms with Gasteiger partial charge in [0.2, 0.25) is 5.69 Å². The molecule has 0 amide bonds. The first-order valence-corrected chi connectivity index (χ1v) is 8.04. The van der Waals surface area contributed by atoms with E-state index >= 15 is 0 Å². The Hall–Kier alpha value is -2.39. The predicted octanol–water partition coefficient (Wildman–Crippen LogP) is 1.90. The third kappa shape index (κ3) is 3.06. The van der Waals surface area contributed by atoms with Crippen LogP contribution >= 0.6 is 0 Å². The highest BCUT2D eigenvalue weighted by Gasteiger charge is 2.23. The van der Waals surface area contributed by atoms with Gasteiger partial charge < -0.3 is 9.80 Å². The highest BCUT2D eigenvalue weighted by Crippen LogP contribution is 2.21. The zero-order chi connectivity index (χ0) is 16.4. The van der Waals surface area contributed by atoms with Crippen LogP contribution in [0.25, 0.3) is 5.69 Å². The minimum absolute atomic E-state index is 0.399. The van der Waals surface area contributed by atoms with Crippen LogP contribution in [0.5, 0.6) is 0 Å². The van der Waals surface area contributed by atoms with Crippen LogP contribution in [0.3, 0.4) is 0 Å². The van der Waals surface area contributed by atoms with E-state index in [0.717, 1.165) is 49.5 Å². The third-order valence-electron chi connectivity index (χ3n) is 4.40. The summed E-state index contributed by atoms with van der Waals surface area (Å²) in [6, 6.07) is 8.37. The Bertz CT molecular complexity index is 734. The van der Waals surface area contributed by atoms with Gasteiger partial charge in [-0.1, -0.05) is 19.1 Å². The summed E-state index contributed by atoms with van der Waals surface area (Å²) in [6.45, 7) is 11.1. The molecule has 1 aliphatic rings. The smallest absolute Gasteiger partial charge is 0.207 e. The molecule has 1 aromatic heterocycles. The zero-order valence-corrected chi connectivity index (χ0v) is 14.0. The van der Waals surface area contributed by atoms with E-state index in [1.807, 2.05) is 13.8 Å². The van der Waals surface area contributed by atoms with Gasteiger partial charge in [-0.05, 0) is 37.6 Å². The van der Waals surface area contributed by atoms with Crippen molar-refractivity contribution in [2.24, 2.45) is 0 Å². The maximum Gasteiger partial charge on any atom is 0.207 e. The summed E-state index contributed by atoms with van der Waals surface area (Å²) in [7, 11) is 0. The lowest BCUT2D eigenvalue weighted by molar-refractivity contribution is 0.270. The molecule has 0 saturated carbocycles. The van der Waals surface area contributed by atoms with Crippen molar-refractivity contribution < 1.29 is 0 Å². The summed E-state index contributed by atoms with van der Waals surface area (Å²) in [6.07, 6.45) is 0. The predicted molar refractivity (Wildman–Crippen MR) is 89.9 cm³/mol. The average molecular weight is 310 g/mol. The van der Waals surface area contributed by atoms with Crippen LogP contribution in [0.4, 0.5) is 5.82 Å². The van der Waals surface area contributed by atoms with Crippen LogP contribution in [0.1, 0.15) is 23.7 Å². The fraction of sp³-hybridized carbons (Fsp3) is 0.471. The second-order valence-corrected chi connectivity index (χ2v) is 5.98.